The summed E-state index contributed by atoms with van der Waals surface area (Å²) < 4.78 is 12.0. The Morgan fingerprint density at radius 1 is 1.22 bits per heavy atom. The van der Waals surface area contributed by atoms with Crippen LogP contribution in [0.2, 0.25) is 0 Å². The third kappa shape index (κ3) is 2.47. The van der Waals surface area contributed by atoms with Gasteiger partial charge in [0.2, 0.25) is 0 Å². The van der Waals surface area contributed by atoms with Crippen LogP contribution in [0, 0.1) is 0 Å². The zero-order valence-electron chi connectivity index (χ0n) is 11.1. The van der Waals surface area contributed by atoms with Crippen molar-refractivity contribution in [2.24, 2.45) is 0 Å². The second-order valence-electron chi connectivity index (χ2n) is 5.09. The van der Waals surface area contributed by atoms with Gasteiger partial charge in [-0.2, -0.15) is 0 Å². The number of carbonyl (C=O) groups is 1. The number of ether oxygens (including phenoxy) is 2. The van der Waals surface area contributed by atoms with Gasteiger partial charge in [-0.05, 0) is 45.0 Å². The van der Waals surface area contributed by atoms with E-state index in [4.69, 9.17) is 9.47 Å². The van der Waals surface area contributed by atoms with E-state index in [1.807, 2.05) is 45.0 Å². The van der Waals surface area contributed by atoms with Gasteiger partial charge in [0.25, 0.3) is 0 Å². The summed E-state index contributed by atoms with van der Waals surface area (Å²) in [6.07, 6.45) is 1.33. The smallest absolute Gasteiger partial charge is 0.418 e. The fraction of sp³-hybridized carbons (Fsp3) is 0.357. The molecule has 4 heteroatoms. The van der Waals surface area contributed by atoms with Crippen molar-refractivity contribution in [3.8, 4) is 5.75 Å². The standard InChI is InChI=1S/C14H17NO3/c1-14(2,3)18-13(16)15-8-7-10-9-11(17-4)5-6-12(10)15/h5-9H,1-4H3. The average molecular weight is 247 g/mol. The van der Waals surface area contributed by atoms with E-state index in [0.717, 1.165) is 16.7 Å². The number of hydrogen-bond donors (Lipinski definition) is 0. The Balaban J connectivity index is 2.38. The molecule has 2 rings (SSSR count). The molecule has 1 heterocycles. The van der Waals surface area contributed by atoms with Crippen molar-refractivity contribution >= 4 is 17.0 Å². The highest BCUT2D eigenvalue weighted by atomic mass is 16.6. The minimum Gasteiger partial charge on any atom is -0.497 e. The van der Waals surface area contributed by atoms with Gasteiger partial charge in [0.1, 0.15) is 11.4 Å². The van der Waals surface area contributed by atoms with Crippen LogP contribution in [0.3, 0.4) is 0 Å². The summed E-state index contributed by atoms with van der Waals surface area (Å²) in [5.41, 5.74) is 0.310. The minimum absolute atomic E-state index is 0.373. The molecule has 0 aliphatic heterocycles. The first-order chi connectivity index (χ1) is 8.40. The molecule has 0 radical (unpaired) electrons. The molecule has 0 spiro atoms. The van der Waals surface area contributed by atoms with E-state index in [0.29, 0.717) is 0 Å². The lowest BCUT2D eigenvalue weighted by molar-refractivity contribution is 0.0544. The largest absolute Gasteiger partial charge is 0.497 e. The quantitative estimate of drug-likeness (QED) is 0.775. The Morgan fingerprint density at radius 3 is 2.56 bits per heavy atom. The second-order valence-corrected chi connectivity index (χ2v) is 5.09. The van der Waals surface area contributed by atoms with Crippen molar-refractivity contribution in [2.45, 2.75) is 26.4 Å². The maximum atomic E-state index is 12.0. The van der Waals surface area contributed by atoms with E-state index in [2.05, 4.69) is 0 Å². The number of methoxy groups -OCH3 is 1. The molecular weight excluding hydrogens is 230 g/mol. The van der Waals surface area contributed by atoms with Crippen molar-refractivity contribution < 1.29 is 14.3 Å². The molecule has 0 aliphatic rings. The molecule has 1 aromatic heterocycles. The van der Waals surface area contributed by atoms with Gasteiger partial charge in [-0.25, -0.2) is 4.79 Å². The van der Waals surface area contributed by atoms with Crippen LogP contribution in [0.1, 0.15) is 20.8 Å². The molecule has 0 atom stereocenters. The monoisotopic (exact) mass is 247 g/mol. The number of hydrogen-bond acceptors (Lipinski definition) is 3. The molecule has 0 bridgehead atoms. The average Bonchev–Trinajstić information content (AvgIpc) is 2.69. The van der Waals surface area contributed by atoms with Crippen molar-refractivity contribution in [3.63, 3.8) is 0 Å². The first-order valence-electron chi connectivity index (χ1n) is 5.79. The first kappa shape index (κ1) is 12.5. The number of nitrogens with zero attached hydrogens (tertiary/aromatic N) is 1. The summed E-state index contributed by atoms with van der Waals surface area (Å²) in [6, 6.07) is 7.42. The fourth-order valence-electron chi connectivity index (χ4n) is 1.72. The Kier molecular flexibility index (Phi) is 3.03. The zero-order valence-corrected chi connectivity index (χ0v) is 11.1. The number of carbonyl (C=O) groups excluding carboxylic acids is 1. The molecule has 0 unspecified atom stereocenters. The summed E-state index contributed by atoms with van der Waals surface area (Å²) in [5, 5.41) is 0.945. The number of aromatic nitrogens is 1. The normalized spacial score (nSPS) is 11.6. The predicted octanol–water partition coefficient (Wildman–Crippen LogP) is 3.43. The van der Waals surface area contributed by atoms with Crippen LogP contribution in [0.4, 0.5) is 4.79 Å². The van der Waals surface area contributed by atoms with Crippen LogP contribution in [0.5, 0.6) is 5.75 Å². The first-order valence-corrected chi connectivity index (χ1v) is 5.79. The molecule has 1 aromatic carbocycles. The van der Waals surface area contributed by atoms with Crippen molar-refractivity contribution in [1.29, 1.82) is 0 Å². The summed E-state index contributed by atoms with van der Waals surface area (Å²) in [6.45, 7) is 5.54. The molecule has 4 nitrogen and oxygen atoms in total. The lowest BCUT2D eigenvalue weighted by Crippen LogP contribution is -2.26. The molecule has 0 amide bonds. The Labute approximate surface area is 106 Å². The molecule has 18 heavy (non-hydrogen) atoms. The summed E-state index contributed by atoms with van der Waals surface area (Å²) >= 11 is 0. The van der Waals surface area contributed by atoms with E-state index < -0.39 is 5.60 Å². The molecule has 0 saturated heterocycles. The van der Waals surface area contributed by atoms with Crippen LogP contribution in [0.15, 0.2) is 30.5 Å². The molecule has 2 aromatic rings. The third-order valence-corrected chi connectivity index (χ3v) is 2.49. The fourth-order valence-corrected chi connectivity index (χ4v) is 1.72. The Hall–Kier alpha value is -1.97. The molecule has 0 saturated carbocycles. The second kappa shape index (κ2) is 4.37. The van der Waals surface area contributed by atoms with E-state index in [1.54, 1.807) is 13.3 Å². The minimum atomic E-state index is -0.500. The topological polar surface area (TPSA) is 40.5 Å². The lowest BCUT2D eigenvalue weighted by Gasteiger charge is -2.19. The van der Waals surface area contributed by atoms with Crippen LogP contribution in [-0.2, 0) is 4.74 Å². The summed E-state index contributed by atoms with van der Waals surface area (Å²) in [5.74, 6) is 0.768. The van der Waals surface area contributed by atoms with E-state index in [9.17, 15) is 4.79 Å². The number of rotatable bonds is 1. The van der Waals surface area contributed by atoms with Crippen LogP contribution < -0.4 is 4.74 Å². The maximum Gasteiger partial charge on any atom is 0.418 e. The SMILES string of the molecule is COc1ccc2c(ccn2C(=O)OC(C)(C)C)c1. The van der Waals surface area contributed by atoms with Crippen LogP contribution in [0.25, 0.3) is 10.9 Å². The highest BCUT2D eigenvalue weighted by Gasteiger charge is 2.18. The maximum absolute atomic E-state index is 12.0. The van der Waals surface area contributed by atoms with Gasteiger partial charge >= 0.3 is 6.09 Å². The van der Waals surface area contributed by atoms with Crippen LogP contribution >= 0.6 is 0 Å². The van der Waals surface area contributed by atoms with Gasteiger partial charge in [0.15, 0.2) is 0 Å². The van der Waals surface area contributed by atoms with Gasteiger partial charge < -0.3 is 9.47 Å². The Morgan fingerprint density at radius 2 is 1.94 bits per heavy atom. The highest BCUT2D eigenvalue weighted by molar-refractivity contribution is 5.90. The van der Waals surface area contributed by atoms with E-state index in [1.165, 1.54) is 4.57 Å². The highest BCUT2D eigenvalue weighted by Crippen LogP contribution is 2.22. The van der Waals surface area contributed by atoms with Crippen molar-refractivity contribution in [2.75, 3.05) is 7.11 Å². The van der Waals surface area contributed by atoms with Gasteiger partial charge in [0, 0.05) is 11.6 Å². The lowest BCUT2D eigenvalue weighted by atomic mass is 10.2. The molecule has 0 aliphatic carbocycles. The summed E-state index contributed by atoms with van der Waals surface area (Å²) in [7, 11) is 1.62. The van der Waals surface area contributed by atoms with Gasteiger partial charge in [0.05, 0.1) is 12.6 Å². The predicted molar refractivity (Wildman–Crippen MR) is 70.1 cm³/mol. The summed E-state index contributed by atoms with van der Waals surface area (Å²) in [4.78, 5) is 12.0. The molecule has 0 N–H and O–H groups in total. The molecule has 0 fully saturated rings. The number of benzene rings is 1. The number of fused-ring (bicyclic) bond motifs is 1. The van der Waals surface area contributed by atoms with E-state index >= 15 is 0 Å². The van der Waals surface area contributed by atoms with Gasteiger partial charge in [-0.3, -0.25) is 4.57 Å². The van der Waals surface area contributed by atoms with Gasteiger partial charge in [-0.1, -0.05) is 0 Å². The third-order valence-electron chi connectivity index (χ3n) is 2.49. The van der Waals surface area contributed by atoms with Crippen molar-refractivity contribution in [1.82, 2.24) is 4.57 Å². The van der Waals surface area contributed by atoms with Gasteiger partial charge in [-0.15, -0.1) is 0 Å². The zero-order chi connectivity index (χ0) is 13.3. The Bertz CT molecular complexity index is 578. The van der Waals surface area contributed by atoms with E-state index in [-0.39, 0.29) is 6.09 Å². The molecule has 96 valence electrons. The molecular formula is C14H17NO3. The van der Waals surface area contributed by atoms with Crippen LogP contribution in [-0.4, -0.2) is 23.4 Å². The van der Waals surface area contributed by atoms with Crippen molar-refractivity contribution in [3.05, 3.63) is 30.5 Å².